The fourth-order valence-corrected chi connectivity index (χ4v) is 3.04. The fourth-order valence-electron chi connectivity index (χ4n) is 3.04. The van der Waals surface area contributed by atoms with Crippen molar-refractivity contribution >= 4 is 11.9 Å². The number of nitrogens with zero attached hydrogens (tertiary/aromatic N) is 4. The van der Waals surface area contributed by atoms with Crippen LogP contribution in [0.5, 0.6) is 6.01 Å². The number of rotatable bonds is 5. The Labute approximate surface area is 119 Å². The van der Waals surface area contributed by atoms with Gasteiger partial charge in [-0.25, -0.2) is 0 Å². The molecule has 0 saturated carbocycles. The smallest absolute Gasteiger partial charge is 0.322 e. The summed E-state index contributed by atoms with van der Waals surface area (Å²) in [5.74, 6) is 1.89. The Balaban J connectivity index is 1.74. The zero-order valence-electron chi connectivity index (χ0n) is 12.1. The van der Waals surface area contributed by atoms with Crippen molar-refractivity contribution in [3.05, 3.63) is 0 Å². The van der Waals surface area contributed by atoms with Gasteiger partial charge >= 0.3 is 6.01 Å². The number of ether oxygens (including phenoxy) is 1. The lowest BCUT2D eigenvalue weighted by atomic mass is 9.84. The fraction of sp³-hybridized carbons (Fsp3) is 0.769. The number of piperidine rings is 3. The summed E-state index contributed by atoms with van der Waals surface area (Å²) in [4.78, 5) is 15.4. The molecule has 0 spiro atoms. The topological polar surface area (TPSA) is 75.2 Å². The molecule has 0 aliphatic carbocycles. The van der Waals surface area contributed by atoms with Crippen molar-refractivity contribution in [3.8, 4) is 6.01 Å². The summed E-state index contributed by atoms with van der Waals surface area (Å²) in [5.41, 5.74) is 0. The SMILES string of the molecule is CCNc1nc(NC2CN3CCC2CC3)nc(OC)n1. The molecular weight excluding hydrogens is 256 g/mol. The number of fused-ring (bicyclic) bond motifs is 3. The van der Waals surface area contributed by atoms with Crippen molar-refractivity contribution < 1.29 is 4.74 Å². The molecule has 1 atom stereocenters. The van der Waals surface area contributed by atoms with E-state index >= 15 is 0 Å². The summed E-state index contributed by atoms with van der Waals surface area (Å²) < 4.78 is 5.14. The largest absolute Gasteiger partial charge is 0.467 e. The van der Waals surface area contributed by atoms with Gasteiger partial charge in [0.15, 0.2) is 0 Å². The molecular formula is C13H22N6O. The third-order valence-electron chi connectivity index (χ3n) is 4.10. The minimum atomic E-state index is 0.347. The van der Waals surface area contributed by atoms with E-state index < -0.39 is 0 Å². The van der Waals surface area contributed by atoms with Crippen LogP contribution in [0.25, 0.3) is 0 Å². The molecule has 0 amide bonds. The quantitative estimate of drug-likeness (QED) is 0.825. The molecule has 3 fully saturated rings. The minimum absolute atomic E-state index is 0.347. The van der Waals surface area contributed by atoms with Crippen LogP contribution in [0.1, 0.15) is 19.8 Å². The Morgan fingerprint density at radius 3 is 2.55 bits per heavy atom. The lowest BCUT2D eigenvalue weighted by Crippen LogP contribution is -2.53. The van der Waals surface area contributed by atoms with E-state index in [0.717, 1.165) is 19.0 Å². The predicted octanol–water partition coefficient (Wildman–Crippen LogP) is 0.818. The highest BCUT2D eigenvalue weighted by atomic mass is 16.5. The van der Waals surface area contributed by atoms with Gasteiger partial charge in [0.05, 0.1) is 7.11 Å². The van der Waals surface area contributed by atoms with Gasteiger partial charge in [0, 0.05) is 19.1 Å². The standard InChI is InChI=1S/C13H22N6O/c1-3-14-11-16-12(18-13(17-11)20-2)15-10-8-19-6-4-9(10)5-7-19/h9-10H,3-8H2,1-2H3,(H2,14,15,16,17,18). The van der Waals surface area contributed by atoms with Crippen molar-refractivity contribution in [2.24, 2.45) is 5.92 Å². The monoisotopic (exact) mass is 278 g/mol. The van der Waals surface area contributed by atoms with Crippen LogP contribution in [0.3, 0.4) is 0 Å². The van der Waals surface area contributed by atoms with Crippen molar-refractivity contribution in [3.63, 3.8) is 0 Å². The molecule has 3 aliphatic heterocycles. The van der Waals surface area contributed by atoms with E-state index in [0.29, 0.717) is 23.9 Å². The van der Waals surface area contributed by atoms with Gasteiger partial charge < -0.3 is 20.3 Å². The van der Waals surface area contributed by atoms with Crippen LogP contribution in [0, 0.1) is 5.92 Å². The number of hydrogen-bond acceptors (Lipinski definition) is 7. The molecule has 20 heavy (non-hydrogen) atoms. The molecule has 2 bridgehead atoms. The van der Waals surface area contributed by atoms with E-state index in [1.807, 2.05) is 6.92 Å². The molecule has 1 aromatic rings. The van der Waals surface area contributed by atoms with Crippen LogP contribution >= 0.6 is 0 Å². The number of hydrogen-bond donors (Lipinski definition) is 2. The molecule has 4 heterocycles. The molecule has 110 valence electrons. The summed E-state index contributed by atoms with van der Waals surface area (Å²) in [7, 11) is 1.57. The van der Waals surface area contributed by atoms with E-state index in [4.69, 9.17) is 4.74 Å². The van der Waals surface area contributed by atoms with Crippen LogP contribution < -0.4 is 15.4 Å². The maximum Gasteiger partial charge on any atom is 0.322 e. The first-order valence-corrected chi connectivity index (χ1v) is 7.31. The molecule has 7 nitrogen and oxygen atoms in total. The molecule has 3 saturated heterocycles. The van der Waals surface area contributed by atoms with Crippen LogP contribution in [0.4, 0.5) is 11.9 Å². The summed E-state index contributed by atoms with van der Waals surface area (Å²) in [6.07, 6.45) is 2.53. The van der Waals surface area contributed by atoms with Crippen molar-refractivity contribution in [1.82, 2.24) is 19.9 Å². The van der Waals surface area contributed by atoms with Crippen LogP contribution in [0.2, 0.25) is 0 Å². The first-order chi connectivity index (χ1) is 9.78. The second-order valence-electron chi connectivity index (χ2n) is 5.39. The maximum absolute atomic E-state index is 5.14. The Morgan fingerprint density at radius 1 is 1.20 bits per heavy atom. The lowest BCUT2D eigenvalue weighted by molar-refractivity contribution is 0.0972. The minimum Gasteiger partial charge on any atom is -0.467 e. The van der Waals surface area contributed by atoms with Gasteiger partial charge in [-0.2, -0.15) is 15.0 Å². The summed E-state index contributed by atoms with van der Waals surface area (Å²) in [6.45, 7) is 6.32. The highest BCUT2D eigenvalue weighted by Crippen LogP contribution is 2.29. The Hall–Kier alpha value is -1.63. The van der Waals surface area contributed by atoms with Crippen molar-refractivity contribution in [2.45, 2.75) is 25.8 Å². The van der Waals surface area contributed by atoms with Gasteiger partial charge in [-0.15, -0.1) is 0 Å². The molecule has 1 unspecified atom stereocenters. The van der Waals surface area contributed by atoms with E-state index in [-0.39, 0.29) is 0 Å². The second kappa shape index (κ2) is 5.78. The van der Waals surface area contributed by atoms with Gasteiger partial charge in [0.25, 0.3) is 0 Å². The van der Waals surface area contributed by atoms with Crippen LogP contribution in [-0.2, 0) is 0 Å². The zero-order chi connectivity index (χ0) is 13.9. The average molecular weight is 278 g/mol. The second-order valence-corrected chi connectivity index (χ2v) is 5.39. The molecule has 0 aromatic carbocycles. The number of methoxy groups -OCH3 is 1. The Morgan fingerprint density at radius 2 is 1.95 bits per heavy atom. The average Bonchev–Trinajstić information content (AvgIpc) is 2.48. The summed E-state index contributed by atoms with van der Waals surface area (Å²) >= 11 is 0. The van der Waals surface area contributed by atoms with Gasteiger partial charge in [-0.05, 0) is 38.8 Å². The third-order valence-corrected chi connectivity index (χ3v) is 4.10. The van der Waals surface area contributed by atoms with Crippen molar-refractivity contribution in [1.29, 1.82) is 0 Å². The lowest BCUT2D eigenvalue weighted by Gasteiger charge is -2.44. The van der Waals surface area contributed by atoms with E-state index in [1.54, 1.807) is 7.11 Å². The van der Waals surface area contributed by atoms with Gasteiger partial charge in [0.2, 0.25) is 11.9 Å². The first-order valence-electron chi connectivity index (χ1n) is 7.31. The molecule has 2 N–H and O–H groups in total. The maximum atomic E-state index is 5.14. The van der Waals surface area contributed by atoms with Crippen LogP contribution in [-0.4, -0.2) is 59.2 Å². The highest BCUT2D eigenvalue weighted by Gasteiger charge is 2.34. The predicted molar refractivity (Wildman–Crippen MR) is 77.1 cm³/mol. The third kappa shape index (κ3) is 2.77. The normalized spacial score (nSPS) is 28.2. The molecule has 4 rings (SSSR count). The van der Waals surface area contributed by atoms with Crippen molar-refractivity contribution in [2.75, 3.05) is 43.9 Å². The number of aromatic nitrogens is 3. The van der Waals surface area contributed by atoms with Gasteiger partial charge in [-0.1, -0.05) is 0 Å². The zero-order valence-corrected chi connectivity index (χ0v) is 12.1. The van der Waals surface area contributed by atoms with Gasteiger partial charge in [0.1, 0.15) is 0 Å². The first kappa shape index (κ1) is 13.4. The highest BCUT2D eigenvalue weighted by molar-refractivity contribution is 5.37. The summed E-state index contributed by atoms with van der Waals surface area (Å²) in [5, 5.41) is 6.56. The van der Waals surface area contributed by atoms with E-state index in [1.165, 1.54) is 25.9 Å². The van der Waals surface area contributed by atoms with Gasteiger partial charge in [-0.3, -0.25) is 0 Å². The Bertz CT molecular complexity index is 460. The van der Waals surface area contributed by atoms with E-state index in [9.17, 15) is 0 Å². The van der Waals surface area contributed by atoms with E-state index in [2.05, 4.69) is 30.5 Å². The number of nitrogens with one attached hydrogen (secondary N) is 2. The molecule has 3 aliphatic rings. The molecule has 0 radical (unpaired) electrons. The molecule has 1 aromatic heterocycles. The molecule has 7 heteroatoms. The summed E-state index contributed by atoms with van der Waals surface area (Å²) in [6, 6.07) is 0.777. The Kier molecular flexibility index (Phi) is 3.86. The van der Waals surface area contributed by atoms with Crippen LogP contribution in [0.15, 0.2) is 0 Å². The number of anilines is 2.